The Balaban J connectivity index is 1.93. The van der Waals surface area contributed by atoms with Crippen LogP contribution in [0.3, 0.4) is 0 Å². The summed E-state index contributed by atoms with van der Waals surface area (Å²) in [5, 5.41) is 3.42. The van der Waals surface area contributed by atoms with Crippen LogP contribution in [0, 0.1) is 17.6 Å². The molecule has 100 valence electrons. The molecule has 1 aromatic rings. The zero-order chi connectivity index (χ0) is 13.1. The molecule has 1 N–H and O–H groups in total. The third-order valence-electron chi connectivity index (χ3n) is 3.37. The van der Waals surface area contributed by atoms with Crippen molar-refractivity contribution >= 4 is 5.69 Å². The average Bonchev–Trinajstić information content (AvgIpc) is 2.79. The van der Waals surface area contributed by atoms with Crippen LogP contribution in [0.25, 0.3) is 0 Å². The highest BCUT2D eigenvalue weighted by Crippen LogP contribution is 2.24. The SMILES string of the molecule is CC(C)NCC1CCN(c2ccc(F)c(F)c2)C1. The van der Waals surface area contributed by atoms with Gasteiger partial charge in [0.05, 0.1) is 0 Å². The van der Waals surface area contributed by atoms with E-state index in [9.17, 15) is 8.78 Å². The molecule has 1 saturated heterocycles. The van der Waals surface area contributed by atoms with Gasteiger partial charge >= 0.3 is 0 Å². The van der Waals surface area contributed by atoms with Gasteiger partial charge in [-0.15, -0.1) is 0 Å². The van der Waals surface area contributed by atoms with Gasteiger partial charge in [0.15, 0.2) is 11.6 Å². The van der Waals surface area contributed by atoms with E-state index in [1.807, 2.05) is 0 Å². The maximum absolute atomic E-state index is 13.2. The molecule has 1 aromatic carbocycles. The maximum Gasteiger partial charge on any atom is 0.160 e. The van der Waals surface area contributed by atoms with E-state index >= 15 is 0 Å². The van der Waals surface area contributed by atoms with Crippen molar-refractivity contribution in [2.24, 2.45) is 5.92 Å². The summed E-state index contributed by atoms with van der Waals surface area (Å²) in [7, 11) is 0. The van der Waals surface area contributed by atoms with Gasteiger partial charge < -0.3 is 10.2 Å². The molecule has 0 radical (unpaired) electrons. The summed E-state index contributed by atoms with van der Waals surface area (Å²) in [6.07, 6.45) is 1.10. The maximum atomic E-state index is 13.2. The number of nitrogens with zero attached hydrogens (tertiary/aromatic N) is 1. The second-order valence-corrected chi connectivity index (χ2v) is 5.26. The van der Waals surface area contributed by atoms with Crippen molar-refractivity contribution in [2.75, 3.05) is 24.5 Å². The molecule has 1 fully saturated rings. The Morgan fingerprint density at radius 1 is 1.33 bits per heavy atom. The van der Waals surface area contributed by atoms with E-state index in [4.69, 9.17) is 0 Å². The minimum atomic E-state index is -0.782. The number of anilines is 1. The third-order valence-corrected chi connectivity index (χ3v) is 3.37. The van der Waals surface area contributed by atoms with Gasteiger partial charge in [-0.3, -0.25) is 0 Å². The van der Waals surface area contributed by atoms with E-state index in [1.54, 1.807) is 6.07 Å². The molecule has 0 saturated carbocycles. The van der Waals surface area contributed by atoms with E-state index in [0.717, 1.165) is 31.7 Å². The van der Waals surface area contributed by atoms with Gasteiger partial charge in [-0.1, -0.05) is 13.8 Å². The third kappa shape index (κ3) is 3.19. The Morgan fingerprint density at radius 2 is 2.11 bits per heavy atom. The molecule has 0 amide bonds. The predicted octanol–water partition coefficient (Wildman–Crippen LogP) is 2.79. The predicted molar refractivity (Wildman–Crippen MR) is 69.8 cm³/mol. The molecule has 1 atom stereocenters. The van der Waals surface area contributed by atoms with E-state index in [0.29, 0.717) is 12.0 Å². The van der Waals surface area contributed by atoms with Crippen molar-refractivity contribution in [3.05, 3.63) is 29.8 Å². The monoisotopic (exact) mass is 254 g/mol. The normalized spacial score (nSPS) is 19.8. The van der Waals surface area contributed by atoms with Crippen LogP contribution >= 0.6 is 0 Å². The van der Waals surface area contributed by atoms with E-state index in [2.05, 4.69) is 24.1 Å². The highest BCUT2D eigenvalue weighted by molar-refractivity contribution is 5.47. The summed E-state index contributed by atoms with van der Waals surface area (Å²) in [5.41, 5.74) is 0.779. The Kier molecular flexibility index (Phi) is 4.17. The van der Waals surface area contributed by atoms with Gasteiger partial charge in [0, 0.05) is 30.9 Å². The fourth-order valence-electron chi connectivity index (χ4n) is 2.32. The summed E-state index contributed by atoms with van der Waals surface area (Å²) in [6.45, 7) is 7.06. The summed E-state index contributed by atoms with van der Waals surface area (Å²) in [6, 6.07) is 4.62. The Morgan fingerprint density at radius 3 is 2.78 bits per heavy atom. The van der Waals surface area contributed by atoms with Crippen molar-refractivity contribution in [1.82, 2.24) is 5.32 Å². The molecule has 2 rings (SSSR count). The smallest absolute Gasteiger partial charge is 0.160 e. The van der Waals surface area contributed by atoms with Gasteiger partial charge in [0.25, 0.3) is 0 Å². The summed E-state index contributed by atoms with van der Waals surface area (Å²) in [4.78, 5) is 2.12. The topological polar surface area (TPSA) is 15.3 Å². The zero-order valence-corrected chi connectivity index (χ0v) is 10.9. The fraction of sp³-hybridized carbons (Fsp3) is 0.571. The molecule has 4 heteroatoms. The van der Waals surface area contributed by atoms with Crippen LogP contribution in [0.5, 0.6) is 0 Å². The fourth-order valence-corrected chi connectivity index (χ4v) is 2.32. The molecule has 18 heavy (non-hydrogen) atoms. The van der Waals surface area contributed by atoms with Crippen molar-refractivity contribution < 1.29 is 8.78 Å². The van der Waals surface area contributed by atoms with Crippen LogP contribution in [-0.2, 0) is 0 Å². The number of rotatable bonds is 4. The molecule has 0 aliphatic carbocycles. The number of hydrogen-bond donors (Lipinski definition) is 1. The average molecular weight is 254 g/mol. The first-order chi connectivity index (χ1) is 8.56. The van der Waals surface area contributed by atoms with Gasteiger partial charge in [-0.05, 0) is 31.0 Å². The lowest BCUT2D eigenvalue weighted by Crippen LogP contribution is -2.30. The molecule has 2 nitrogen and oxygen atoms in total. The van der Waals surface area contributed by atoms with Crippen LogP contribution in [0.2, 0.25) is 0 Å². The van der Waals surface area contributed by atoms with Crippen LogP contribution in [-0.4, -0.2) is 25.7 Å². The zero-order valence-electron chi connectivity index (χ0n) is 10.9. The van der Waals surface area contributed by atoms with Gasteiger partial charge in [0.2, 0.25) is 0 Å². The number of hydrogen-bond acceptors (Lipinski definition) is 2. The molecular weight excluding hydrogens is 234 g/mol. The largest absolute Gasteiger partial charge is 0.371 e. The lowest BCUT2D eigenvalue weighted by atomic mass is 10.1. The highest BCUT2D eigenvalue weighted by atomic mass is 19.2. The van der Waals surface area contributed by atoms with Crippen LogP contribution in [0.4, 0.5) is 14.5 Å². The lowest BCUT2D eigenvalue weighted by Gasteiger charge is -2.19. The standard InChI is InChI=1S/C14H20F2N2/c1-10(2)17-8-11-5-6-18(9-11)12-3-4-13(15)14(16)7-12/h3-4,7,10-11,17H,5-6,8-9H2,1-2H3. The number of benzene rings is 1. The first-order valence-corrected chi connectivity index (χ1v) is 6.49. The van der Waals surface area contributed by atoms with Crippen LogP contribution in [0.15, 0.2) is 18.2 Å². The molecule has 1 aliphatic heterocycles. The molecule has 1 aliphatic rings. The van der Waals surface area contributed by atoms with E-state index < -0.39 is 11.6 Å². The molecule has 0 spiro atoms. The van der Waals surface area contributed by atoms with Crippen LogP contribution in [0.1, 0.15) is 20.3 Å². The number of nitrogens with one attached hydrogen (secondary N) is 1. The second kappa shape index (κ2) is 5.65. The highest BCUT2D eigenvalue weighted by Gasteiger charge is 2.23. The van der Waals surface area contributed by atoms with Crippen LogP contribution < -0.4 is 10.2 Å². The molecule has 1 unspecified atom stereocenters. The molecule has 0 bridgehead atoms. The van der Waals surface area contributed by atoms with Crippen molar-refractivity contribution in [3.8, 4) is 0 Å². The lowest BCUT2D eigenvalue weighted by molar-refractivity contribution is 0.480. The molecular formula is C14H20F2N2. The first-order valence-electron chi connectivity index (χ1n) is 6.49. The Hall–Kier alpha value is -1.16. The minimum Gasteiger partial charge on any atom is -0.371 e. The Bertz CT molecular complexity index is 407. The second-order valence-electron chi connectivity index (χ2n) is 5.26. The summed E-state index contributed by atoms with van der Waals surface area (Å²) >= 11 is 0. The van der Waals surface area contributed by atoms with E-state index in [1.165, 1.54) is 12.1 Å². The minimum absolute atomic E-state index is 0.488. The summed E-state index contributed by atoms with van der Waals surface area (Å²) < 4.78 is 26.0. The van der Waals surface area contributed by atoms with Crippen molar-refractivity contribution in [1.29, 1.82) is 0 Å². The molecule has 1 heterocycles. The van der Waals surface area contributed by atoms with Crippen molar-refractivity contribution in [2.45, 2.75) is 26.3 Å². The molecule has 0 aromatic heterocycles. The van der Waals surface area contributed by atoms with Crippen molar-refractivity contribution in [3.63, 3.8) is 0 Å². The number of halogens is 2. The van der Waals surface area contributed by atoms with Gasteiger partial charge in [0.1, 0.15) is 0 Å². The van der Waals surface area contributed by atoms with Gasteiger partial charge in [-0.2, -0.15) is 0 Å². The van der Waals surface area contributed by atoms with Gasteiger partial charge in [-0.25, -0.2) is 8.78 Å². The van der Waals surface area contributed by atoms with E-state index in [-0.39, 0.29) is 0 Å². The first kappa shape index (κ1) is 13.3. The Labute approximate surface area is 107 Å². The quantitative estimate of drug-likeness (QED) is 0.889. The summed E-state index contributed by atoms with van der Waals surface area (Å²) in [5.74, 6) is -0.965.